The second-order valence-electron chi connectivity index (χ2n) is 8.77. The monoisotopic (exact) mass is 387 g/mol. The number of hydrogen-bond acceptors (Lipinski definition) is 6. The van der Waals surface area contributed by atoms with E-state index in [0.29, 0.717) is 18.4 Å². The molecule has 0 spiro atoms. The van der Waals surface area contributed by atoms with Gasteiger partial charge in [-0.3, -0.25) is 0 Å². The van der Waals surface area contributed by atoms with Crippen molar-refractivity contribution in [2.24, 2.45) is 17.8 Å². The molecule has 2 heterocycles. The maximum Gasteiger partial charge on any atom is 0.175 e. The number of piperidine rings is 1. The summed E-state index contributed by atoms with van der Waals surface area (Å²) in [5.74, 6) is 2.55. The summed E-state index contributed by atoms with van der Waals surface area (Å²) in [6, 6.07) is 4.18. The number of nitrogens with one attached hydrogen (secondary N) is 1. The minimum atomic E-state index is 0.264. The fraction of sp³-hybridized carbons (Fsp3) is 0.682. The van der Waals surface area contributed by atoms with Crippen molar-refractivity contribution in [2.45, 2.75) is 38.6 Å². The van der Waals surface area contributed by atoms with Crippen LogP contribution in [0.3, 0.4) is 0 Å². The lowest BCUT2D eigenvalue weighted by Crippen LogP contribution is -2.27. The van der Waals surface area contributed by atoms with Gasteiger partial charge < -0.3 is 24.6 Å². The molecule has 2 fully saturated rings. The molecule has 28 heavy (non-hydrogen) atoms. The Bertz CT molecular complexity index is 783. The molecule has 0 radical (unpaired) electrons. The lowest BCUT2D eigenvalue weighted by molar-refractivity contribution is 0.240. The minimum absolute atomic E-state index is 0.264. The molecular formula is C22H33N3O3. The van der Waals surface area contributed by atoms with E-state index in [1.54, 1.807) is 0 Å². The van der Waals surface area contributed by atoms with Crippen molar-refractivity contribution in [1.29, 1.82) is 0 Å². The number of hydrogen-bond donors (Lipinski definition) is 2. The number of aliphatic hydroxyl groups is 1. The molecule has 0 bridgehead atoms. The molecule has 2 N–H and O–H groups in total. The summed E-state index contributed by atoms with van der Waals surface area (Å²) in [5.41, 5.74) is 3.01. The van der Waals surface area contributed by atoms with Crippen molar-refractivity contribution in [1.82, 2.24) is 15.4 Å². The lowest BCUT2D eigenvalue weighted by Gasteiger charge is -2.21. The van der Waals surface area contributed by atoms with Gasteiger partial charge in [-0.1, -0.05) is 5.16 Å². The third-order valence-electron chi connectivity index (χ3n) is 6.25. The van der Waals surface area contributed by atoms with E-state index in [1.807, 2.05) is 0 Å². The standard InChI is InChI=1S/C22H33N3O3/c1-25(2)12-19-21(27-14-17-11-16(17)13-26)6-4-18-20(24-28-22(18)19)5-3-15-7-9-23-10-8-15/h4,6,15-17,23,26H,3,5,7-14H2,1-2H3/t16-,17+/m0/s1. The molecule has 1 aliphatic heterocycles. The van der Waals surface area contributed by atoms with Gasteiger partial charge in [0.05, 0.1) is 17.9 Å². The van der Waals surface area contributed by atoms with Crippen LogP contribution >= 0.6 is 0 Å². The lowest BCUT2D eigenvalue weighted by atomic mass is 9.92. The van der Waals surface area contributed by atoms with E-state index >= 15 is 0 Å². The third-order valence-corrected chi connectivity index (χ3v) is 6.25. The summed E-state index contributed by atoms with van der Waals surface area (Å²) in [6.07, 6.45) is 5.73. The first-order valence-electron chi connectivity index (χ1n) is 10.6. The molecule has 2 aliphatic rings. The first-order valence-corrected chi connectivity index (χ1v) is 10.6. The number of rotatable bonds is 9. The Labute approximate surface area is 167 Å². The SMILES string of the molecule is CN(C)Cc1c(OC[C@H]2C[C@H]2CO)ccc2c(CCC3CCNCC3)noc12. The predicted molar refractivity (Wildman–Crippen MR) is 109 cm³/mol. The summed E-state index contributed by atoms with van der Waals surface area (Å²) in [6.45, 7) is 3.95. The highest BCUT2D eigenvalue weighted by Crippen LogP contribution is 2.39. The Morgan fingerprint density at radius 3 is 2.79 bits per heavy atom. The highest BCUT2D eigenvalue weighted by Gasteiger charge is 2.37. The molecule has 0 unspecified atom stereocenters. The van der Waals surface area contributed by atoms with E-state index < -0.39 is 0 Å². The van der Waals surface area contributed by atoms with Crippen LogP contribution in [-0.2, 0) is 13.0 Å². The maximum absolute atomic E-state index is 9.25. The fourth-order valence-electron chi connectivity index (χ4n) is 4.32. The summed E-state index contributed by atoms with van der Waals surface area (Å²) >= 11 is 0. The maximum atomic E-state index is 9.25. The zero-order valence-corrected chi connectivity index (χ0v) is 17.1. The number of ether oxygens (including phenoxy) is 1. The van der Waals surface area contributed by atoms with Gasteiger partial charge in [-0.05, 0) is 89.2 Å². The molecule has 6 nitrogen and oxygen atoms in total. The van der Waals surface area contributed by atoms with E-state index in [1.165, 1.54) is 19.3 Å². The van der Waals surface area contributed by atoms with Gasteiger partial charge in [-0.25, -0.2) is 0 Å². The number of nitrogens with zero attached hydrogens (tertiary/aromatic N) is 2. The van der Waals surface area contributed by atoms with Crippen molar-refractivity contribution < 1.29 is 14.4 Å². The molecule has 1 aliphatic carbocycles. The van der Waals surface area contributed by atoms with Crippen LogP contribution in [0, 0.1) is 17.8 Å². The molecule has 0 amide bonds. The number of aryl methyl sites for hydroxylation is 1. The van der Waals surface area contributed by atoms with Crippen molar-refractivity contribution in [3.8, 4) is 5.75 Å². The highest BCUT2D eigenvalue weighted by atomic mass is 16.5. The minimum Gasteiger partial charge on any atom is -0.493 e. The summed E-state index contributed by atoms with van der Waals surface area (Å²) in [5, 5.41) is 18.2. The van der Waals surface area contributed by atoms with E-state index in [4.69, 9.17) is 9.26 Å². The number of aromatic nitrogens is 1. The van der Waals surface area contributed by atoms with Crippen LogP contribution in [0.5, 0.6) is 5.75 Å². The summed E-state index contributed by atoms with van der Waals surface area (Å²) in [4.78, 5) is 2.13. The fourth-order valence-corrected chi connectivity index (χ4v) is 4.32. The molecule has 154 valence electrons. The predicted octanol–water partition coefficient (Wildman–Crippen LogP) is 2.83. The van der Waals surface area contributed by atoms with Gasteiger partial charge in [0, 0.05) is 18.5 Å². The quantitative estimate of drug-likeness (QED) is 0.689. The number of fused-ring (bicyclic) bond motifs is 1. The zero-order valence-electron chi connectivity index (χ0n) is 17.1. The number of aliphatic hydroxyl groups excluding tert-OH is 1. The van der Waals surface area contributed by atoms with Gasteiger partial charge in [-0.15, -0.1) is 0 Å². The smallest absolute Gasteiger partial charge is 0.175 e. The molecule has 1 aromatic carbocycles. The van der Waals surface area contributed by atoms with Gasteiger partial charge in [0.15, 0.2) is 5.58 Å². The summed E-state index contributed by atoms with van der Waals surface area (Å²) in [7, 11) is 4.11. The van der Waals surface area contributed by atoms with E-state index in [0.717, 1.165) is 66.4 Å². The average Bonchev–Trinajstić information content (AvgIpc) is 3.35. The van der Waals surface area contributed by atoms with Gasteiger partial charge in [0.1, 0.15) is 5.75 Å². The van der Waals surface area contributed by atoms with Gasteiger partial charge in [0.25, 0.3) is 0 Å². The molecular weight excluding hydrogens is 354 g/mol. The van der Waals surface area contributed by atoms with Crippen LogP contribution in [-0.4, -0.2) is 55.6 Å². The highest BCUT2D eigenvalue weighted by molar-refractivity contribution is 5.84. The Morgan fingerprint density at radius 2 is 2.07 bits per heavy atom. The van der Waals surface area contributed by atoms with Gasteiger partial charge >= 0.3 is 0 Å². The molecule has 1 saturated carbocycles. The van der Waals surface area contributed by atoms with E-state index in [9.17, 15) is 5.11 Å². The molecule has 1 aromatic heterocycles. The second-order valence-corrected chi connectivity index (χ2v) is 8.77. The van der Waals surface area contributed by atoms with E-state index in [-0.39, 0.29) is 6.61 Å². The van der Waals surface area contributed by atoms with E-state index in [2.05, 4.69) is 41.6 Å². The largest absolute Gasteiger partial charge is 0.493 e. The molecule has 6 heteroatoms. The Hall–Kier alpha value is -1.63. The first kappa shape index (κ1) is 19.7. The Kier molecular flexibility index (Phi) is 6.19. The van der Waals surface area contributed by atoms with Crippen molar-refractivity contribution in [3.05, 3.63) is 23.4 Å². The van der Waals surface area contributed by atoms with Crippen molar-refractivity contribution >= 4 is 11.0 Å². The van der Waals surface area contributed by atoms with Gasteiger partial charge in [0.2, 0.25) is 0 Å². The van der Waals surface area contributed by atoms with Crippen molar-refractivity contribution in [2.75, 3.05) is 40.4 Å². The van der Waals surface area contributed by atoms with Crippen LogP contribution in [0.15, 0.2) is 16.7 Å². The number of benzene rings is 1. The zero-order chi connectivity index (χ0) is 19.5. The molecule has 4 rings (SSSR count). The Balaban J connectivity index is 1.50. The Morgan fingerprint density at radius 1 is 1.25 bits per heavy atom. The third kappa shape index (κ3) is 4.50. The van der Waals surface area contributed by atoms with Crippen LogP contribution in [0.1, 0.15) is 36.9 Å². The van der Waals surface area contributed by atoms with Gasteiger partial charge in [-0.2, -0.15) is 0 Å². The average molecular weight is 388 g/mol. The molecule has 2 atom stereocenters. The van der Waals surface area contributed by atoms with Crippen LogP contribution in [0.25, 0.3) is 11.0 Å². The normalized spacial score (nSPS) is 22.9. The molecule has 2 aromatic rings. The first-order chi connectivity index (χ1) is 13.7. The van der Waals surface area contributed by atoms with Crippen LogP contribution in [0.4, 0.5) is 0 Å². The van der Waals surface area contributed by atoms with Crippen LogP contribution in [0.2, 0.25) is 0 Å². The molecule has 1 saturated heterocycles. The second kappa shape index (κ2) is 8.80. The van der Waals surface area contributed by atoms with Crippen LogP contribution < -0.4 is 10.1 Å². The van der Waals surface area contributed by atoms with Crippen molar-refractivity contribution in [3.63, 3.8) is 0 Å². The summed E-state index contributed by atoms with van der Waals surface area (Å²) < 4.78 is 12.0. The topological polar surface area (TPSA) is 70.8 Å².